The molecule has 0 saturated heterocycles. The second kappa shape index (κ2) is 8.47. The Kier molecular flexibility index (Phi) is 5.81. The number of ketones is 1. The van der Waals surface area contributed by atoms with Crippen LogP contribution in [0.5, 0.6) is 0 Å². The summed E-state index contributed by atoms with van der Waals surface area (Å²) in [6, 6.07) is 6.26. The third-order valence-corrected chi connectivity index (χ3v) is 4.57. The SMILES string of the molecule is Nc1nc(N)c2c(CNc3ccc(C(=O)C(CCC(=O)O)C(=O)O)cc3)c[nH]c2n1. The molecule has 11 nitrogen and oxygen atoms in total. The highest BCUT2D eigenvalue weighted by molar-refractivity contribution is 6.08. The van der Waals surface area contributed by atoms with E-state index in [9.17, 15) is 19.5 Å². The second-order valence-corrected chi connectivity index (χ2v) is 6.62. The fourth-order valence-electron chi connectivity index (χ4n) is 3.07. The van der Waals surface area contributed by atoms with Crippen molar-refractivity contribution >= 4 is 46.2 Å². The van der Waals surface area contributed by atoms with Gasteiger partial charge in [0.25, 0.3) is 0 Å². The summed E-state index contributed by atoms with van der Waals surface area (Å²) in [5, 5.41) is 21.8. The Labute approximate surface area is 170 Å². The molecule has 156 valence electrons. The Morgan fingerprint density at radius 3 is 2.43 bits per heavy atom. The molecule has 2 aromatic heterocycles. The summed E-state index contributed by atoms with van der Waals surface area (Å²) in [5.74, 6) is -4.19. The first kappa shape index (κ1) is 20.6. The van der Waals surface area contributed by atoms with Crippen LogP contribution in [0.25, 0.3) is 11.0 Å². The summed E-state index contributed by atoms with van der Waals surface area (Å²) >= 11 is 0. The number of aromatic amines is 1. The van der Waals surface area contributed by atoms with Gasteiger partial charge >= 0.3 is 11.9 Å². The number of anilines is 3. The van der Waals surface area contributed by atoms with Gasteiger partial charge in [0, 0.05) is 36.0 Å². The molecule has 3 aromatic rings. The largest absolute Gasteiger partial charge is 0.481 e. The van der Waals surface area contributed by atoms with Crippen LogP contribution < -0.4 is 16.8 Å². The fourth-order valence-corrected chi connectivity index (χ4v) is 3.07. The zero-order chi connectivity index (χ0) is 21.8. The Balaban J connectivity index is 1.69. The highest BCUT2D eigenvalue weighted by Crippen LogP contribution is 2.24. The smallest absolute Gasteiger partial charge is 0.314 e. The Morgan fingerprint density at radius 2 is 1.80 bits per heavy atom. The minimum Gasteiger partial charge on any atom is -0.481 e. The van der Waals surface area contributed by atoms with E-state index in [0.717, 1.165) is 5.56 Å². The second-order valence-electron chi connectivity index (χ2n) is 6.62. The van der Waals surface area contributed by atoms with Crippen LogP contribution in [0, 0.1) is 5.92 Å². The number of fused-ring (bicyclic) bond motifs is 1. The molecule has 0 bridgehead atoms. The van der Waals surface area contributed by atoms with E-state index < -0.39 is 30.1 Å². The number of nitrogens with one attached hydrogen (secondary N) is 2. The lowest BCUT2D eigenvalue weighted by Gasteiger charge is -2.11. The van der Waals surface area contributed by atoms with Crippen LogP contribution in [0.15, 0.2) is 30.5 Å². The number of Topliss-reactive ketones (excluding diaryl/α,β-unsaturated/α-hetero) is 1. The first-order valence-corrected chi connectivity index (χ1v) is 8.98. The maximum atomic E-state index is 12.4. The minimum absolute atomic E-state index is 0.0737. The summed E-state index contributed by atoms with van der Waals surface area (Å²) in [7, 11) is 0. The minimum atomic E-state index is -1.40. The van der Waals surface area contributed by atoms with Gasteiger partial charge in [0.05, 0.1) is 5.39 Å². The number of hydrogen-bond donors (Lipinski definition) is 6. The van der Waals surface area contributed by atoms with Crippen molar-refractivity contribution in [2.75, 3.05) is 16.8 Å². The van der Waals surface area contributed by atoms with Crippen molar-refractivity contribution in [2.24, 2.45) is 5.92 Å². The lowest BCUT2D eigenvalue weighted by Crippen LogP contribution is -2.24. The van der Waals surface area contributed by atoms with Crippen LogP contribution in [0.2, 0.25) is 0 Å². The molecule has 0 fully saturated rings. The molecule has 0 spiro atoms. The molecule has 30 heavy (non-hydrogen) atoms. The van der Waals surface area contributed by atoms with Crippen molar-refractivity contribution in [3.05, 3.63) is 41.6 Å². The highest BCUT2D eigenvalue weighted by Gasteiger charge is 2.27. The predicted molar refractivity (Wildman–Crippen MR) is 109 cm³/mol. The zero-order valence-corrected chi connectivity index (χ0v) is 15.8. The predicted octanol–water partition coefficient (Wildman–Crippen LogP) is 1.48. The van der Waals surface area contributed by atoms with Gasteiger partial charge in [-0.15, -0.1) is 0 Å². The van der Waals surface area contributed by atoms with Crippen LogP contribution in [0.1, 0.15) is 28.8 Å². The maximum Gasteiger partial charge on any atom is 0.314 e. The Hall–Kier alpha value is -4.15. The number of aliphatic carboxylic acids is 2. The standard InChI is InChI=1S/C19H20N6O5/c20-16-14-10(8-23-17(14)25-19(21)24-16)7-22-11-3-1-9(2-4-11)15(28)12(18(29)30)5-6-13(26)27/h1-4,8,12,22H,5-7H2,(H,26,27)(H,29,30)(H5,20,21,23,24,25). The number of benzene rings is 1. The fraction of sp³-hybridized carbons (Fsp3) is 0.211. The normalized spacial score (nSPS) is 11.9. The first-order chi connectivity index (χ1) is 14.3. The molecule has 0 amide bonds. The van der Waals surface area contributed by atoms with Crippen LogP contribution in [0.4, 0.5) is 17.5 Å². The summed E-state index contributed by atoms with van der Waals surface area (Å²) in [6.07, 6.45) is 1.07. The third kappa shape index (κ3) is 4.46. The van der Waals surface area contributed by atoms with E-state index in [-0.39, 0.29) is 23.8 Å². The molecule has 8 N–H and O–H groups in total. The number of nitrogens with zero attached hydrogens (tertiary/aromatic N) is 2. The number of H-pyrrole nitrogens is 1. The van der Waals surface area contributed by atoms with Gasteiger partial charge in [-0.1, -0.05) is 0 Å². The van der Waals surface area contributed by atoms with Crippen molar-refractivity contribution in [1.29, 1.82) is 0 Å². The van der Waals surface area contributed by atoms with Crippen molar-refractivity contribution < 1.29 is 24.6 Å². The number of nitrogen functional groups attached to an aromatic ring is 2. The van der Waals surface area contributed by atoms with E-state index in [1.807, 2.05) is 0 Å². The number of carboxylic acids is 2. The highest BCUT2D eigenvalue weighted by atomic mass is 16.4. The van der Waals surface area contributed by atoms with Gasteiger partial charge in [-0.25, -0.2) is 0 Å². The monoisotopic (exact) mass is 412 g/mol. The number of carbonyl (C=O) groups is 3. The van der Waals surface area contributed by atoms with Crippen LogP contribution in [0.3, 0.4) is 0 Å². The van der Waals surface area contributed by atoms with E-state index in [2.05, 4.69) is 20.3 Å². The molecule has 3 rings (SSSR count). The van der Waals surface area contributed by atoms with Gasteiger partial charge in [0.15, 0.2) is 5.78 Å². The van der Waals surface area contributed by atoms with E-state index in [1.165, 1.54) is 12.1 Å². The lowest BCUT2D eigenvalue weighted by atomic mass is 9.93. The molecule has 11 heteroatoms. The van der Waals surface area contributed by atoms with Gasteiger partial charge in [-0.2, -0.15) is 9.97 Å². The van der Waals surface area contributed by atoms with Gasteiger partial charge in [0.2, 0.25) is 5.95 Å². The number of carbonyl (C=O) groups excluding carboxylic acids is 1. The van der Waals surface area contributed by atoms with Gasteiger partial charge < -0.3 is 32.0 Å². The van der Waals surface area contributed by atoms with E-state index in [0.29, 0.717) is 23.3 Å². The first-order valence-electron chi connectivity index (χ1n) is 8.98. The summed E-state index contributed by atoms with van der Waals surface area (Å²) in [4.78, 5) is 45.5. The molecule has 1 aromatic carbocycles. The molecule has 2 heterocycles. The molecule has 0 aliphatic rings. The lowest BCUT2D eigenvalue weighted by molar-refractivity contribution is -0.141. The van der Waals surface area contributed by atoms with E-state index >= 15 is 0 Å². The Morgan fingerprint density at radius 1 is 1.10 bits per heavy atom. The quantitative estimate of drug-likeness (QED) is 0.221. The number of hydrogen-bond acceptors (Lipinski definition) is 8. The summed E-state index contributed by atoms with van der Waals surface area (Å²) < 4.78 is 0. The van der Waals surface area contributed by atoms with Gasteiger partial charge in [-0.05, 0) is 30.7 Å². The van der Waals surface area contributed by atoms with Crippen LogP contribution >= 0.6 is 0 Å². The van der Waals surface area contributed by atoms with E-state index in [1.54, 1.807) is 18.3 Å². The number of rotatable bonds is 9. The Bertz CT molecular complexity index is 1110. The maximum absolute atomic E-state index is 12.4. The average molecular weight is 412 g/mol. The van der Waals surface area contributed by atoms with Crippen molar-refractivity contribution in [1.82, 2.24) is 15.0 Å². The number of nitrogens with two attached hydrogens (primary N) is 2. The summed E-state index contributed by atoms with van der Waals surface area (Å²) in [5.41, 5.74) is 13.7. The molecule has 1 unspecified atom stereocenters. The van der Waals surface area contributed by atoms with Gasteiger partial charge in [0.1, 0.15) is 17.4 Å². The molecular formula is C19H20N6O5. The summed E-state index contributed by atoms with van der Waals surface area (Å²) in [6.45, 7) is 0.390. The molecule has 1 atom stereocenters. The van der Waals surface area contributed by atoms with Crippen molar-refractivity contribution in [3.8, 4) is 0 Å². The van der Waals surface area contributed by atoms with E-state index in [4.69, 9.17) is 16.6 Å². The van der Waals surface area contributed by atoms with Crippen molar-refractivity contribution in [2.45, 2.75) is 19.4 Å². The topological polar surface area (TPSA) is 197 Å². The molecule has 0 aliphatic carbocycles. The number of carboxylic acid groups (broad SMARTS) is 2. The molecule has 0 aliphatic heterocycles. The third-order valence-electron chi connectivity index (χ3n) is 4.57. The van der Waals surface area contributed by atoms with Crippen LogP contribution in [-0.4, -0.2) is 42.9 Å². The number of aromatic nitrogens is 3. The molecule has 0 radical (unpaired) electrons. The molecular weight excluding hydrogens is 392 g/mol. The van der Waals surface area contributed by atoms with Crippen LogP contribution in [-0.2, 0) is 16.1 Å². The average Bonchev–Trinajstić information content (AvgIpc) is 3.09. The zero-order valence-electron chi connectivity index (χ0n) is 15.8. The molecule has 0 saturated carbocycles. The van der Waals surface area contributed by atoms with Crippen molar-refractivity contribution in [3.63, 3.8) is 0 Å². The van der Waals surface area contributed by atoms with Gasteiger partial charge in [-0.3, -0.25) is 14.4 Å².